The first-order chi connectivity index (χ1) is 7.27. The molecule has 2 nitrogen and oxygen atoms in total. The van der Waals surface area contributed by atoms with Gasteiger partial charge in [0.15, 0.2) is 0 Å². The number of piperidine rings is 1. The highest BCUT2D eigenvalue weighted by atomic mass is 79.9. The molecule has 0 spiro atoms. The normalized spacial score (nSPS) is 23.7. The summed E-state index contributed by atoms with van der Waals surface area (Å²) in [6.45, 7) is 1.03. The fourth-order valence-corrected chi connectivity index (χ4v) is 2.30. The van der Waals surface area contributed by atoms with Crippen molar-refractivity contribution in [3.05, 3.63) is 34.3 Å². The third kappa shape index (κ3) is 2.80. The maximum absolute atomic E-state index is 10.2. The fourth-order valence-electron chi connectivity index (χ4n) is 2.04. The Labute approximate surface area is 98.8 Å². The third-order valence-electron chi connectivity index (χ3n) is 2.94. The van der Waals surface area contributed by atoms with Gasteiger partial charge >= 0.3 is 0 Å². The first kappa shape index (κ1) is 11.1. The smallest absolute Gasteiger partial charge is 0.0942 e. The Bertz CT molecular complexity index is 306. The minimum atomic E-state index is -0.376. The molecule has 1 aliphatic heterocycles. The monoisotopic (exact) mass is 269 g/mol. The topological polar surface area (TPSA) is 32.3 Å². The summed E-state index contributed by atoms with van der Waals surface area (Å²) in [6, 6.07) is 8.12. The summed E-state index contributed by atoms with van der Waals surface area (Å²) >= 11 is 3.39. The van der Waals surface area contributed by atoms with Crippen molar-refractivity contribution in [1.82, 2.24) is 5.32 Å². The van der Waals surface area contributed by atoms with E-state index in [2.05, 4.69) is 21.2 Å². The summed E-state index contributed by atoms with van der Waals surface area (Å²) in [7, 11) is 0. The summed E-state index contributed by atoms with van der Waals surface area (Å²) in [4.78, 5) is 0. The van der Waals surface area contributed by atoms with E-state index in [0.717, 1.165) is 23.0 Å². The average Bonchev–Trinajstić information content (AvgIpc) is 2.30. The molecule has 2 atom stereocenters. The van der Waals surface area contributed by atoms with Crippen molar-refractivity contribution in [2.75, 3.05) is 6.54 Å². The van der Waals surface area contributed by atoms with Gasteiger partial charge in [-0.05, 0) is 37.1 Å². The largest absolute Gasteiger partial charge is 0.387 e. The summed E-state index contributed by atoms with van der Waals surface area (Å²) < 4.78 is 1.05. The number of nitrogens with one attached hydrogen (secondary N) is 1. The van der Waals surface area contributed by atoms with Crippen LogP contribution in [-0.4, -0.2) is 17.7 Å². The molecule has 1 aromatic rings. The maximum Gasteiger partial charge on any atom is 0.0942 e. The van der Waals surface area contributed by atoms with E-state index in [-0.39, 0.29) is 12.1 Å². The van der Waals surface area contributed by atoms with Gasteiger partial charge in [-0.2, -0.15) is 0 Å². The standard InChI is InChI=1S/C12H16BrNO/c13-10-6-4-9(5-7-10)12(15)11-3-1-2-8-14-11/h4-7,11-12,14-15H,1-3,8H2. The molecule has 1 aliphatic rings. The number of halogens is 1. The molecule has 0 aliphatic carbocycles. The van der Waals surface area contributed by atoms with E-state index in [1.165, 1.54) is 12.8 Å². The number of rotatable bonds is 2. The second-order valence-corrected chi connectivity index (χ2v) is 4.97. The molecule has 0 aromatic heterocycles. The molecule has 2 rings (SSSR count). The van der Waals surface area contributed by atoms with Gasteiger partial charge in [0.1, 0.15) is 0 Å². The molecule has 82 valence electrons. The fraction of sp³-hybridized carbons (Fsp3) is 0.500. The second-order valence-electron chi connectivity index (χ2n) is 4.05. The van der Waals surface area contributed by atoms with Gasteiger partial charge in [0.2, 0.25) is 0 Å². The molecule has 0 bridgehead atoms. The molecular formula is C12H16BrNO. The minimum Gasteiger partial charge on any atom is -0.387 e. The van der Waals surface area contributed by atoms with E-state index in [9.17, 15) is 5.11 Å². The van der Waals surface area contributed by atoms with Crippen LogP contribution in [0.1, 0.15) is 30.9 Å². The molecule has 3 heteroatoms. The van der Waals surface area contributed by atoms with Crippen molar-refractivity contribution >= 4 is 15.9 Å². The lowest BCUT2D eigenvalue weighted by Gasteiger charge is -2.28. The van der Waals surface area contributed by atoms with Gasteiger partial charge in [-0.15, -0.1) is 0 Å². The molecule has 2 unspecified atom stereocenters. The highest BCUT2D eigenvalue weighted by molar-refractivity contribution is 9.10. The number of hydrogen-bond acceptors (Lipinski definition) is 2. The Hall–Kier alpha value is -0.380. The van der Waals surface area contributed by atoms with E-state index in [1.807, 2.05) is 24.3 Å². The van der Waals surface area contributed by atoms with Crippen LogP contribution in [0.5, 0.6) is 0 Å². The van der Waals surface area contributed by atoms with Crippen molar-refractivity contribution in [2.24, 2.45) is 0 Å². The van der Waals surface area contributed by atoms with Crippen molar-refractivity contribution in [3.63, 3.8) is 0 Å². The molecule has 2 N–H and O–H groups in total. The van der Waals surface area contributed by atoms with Crippen LogP contribution >= 0.6 is 15.9 Å². The van der Waals surface area contributed by atoms with Crippen LogP contribution in [-0.2, 0) is 0 Å². The van der Waals surface area contributed by atoms with Gasteiger partial charge in [-0.3, -0.25) is 0 Å². The van der Waals surface area contributed by atoms with E-state index in [0.29, 0.717) is 0 Å². The van der Waals surface area contributed by atoms with E-state index >= 15 is 0 Å². The predicted molar refractivity (Wildman–Crippen MR) is 64.7 cm³/mol. The third-order valence-corrected chi connectivity index (χ3v) is 3.47. The van der Waals surface area contributed by atoms with Gasteiger partial charge in [-0.1, -0.05) is 34.5 Å². The van der Waals surface area contributed by atoms with Crippen molar-refractivity contribution in [3.8, 4) is 0 Å². The van der Waals surface area contributed by atoms with E-state index < -0.39 is 0 Å². The van der Waals surface area contributed by atoms with Gasteiger partial charge in [0.25, 0.3) is 0 Å². The lowest BCUT2D eigenvalue weighted by Crippen LogP contribution is -2.38. The lowest BCUT2D eigenvalue weighted by atomic mass is 9.95. The molecule has 0 amide bonds. The summed E-state index contributed by atoms with van der Waals surface area (Å²) in [5.74, 6) is 0. The molecule has 1 fully saturated rings. The summed E-state index contributed by atoms with van der Waals surface area (Å²) in [5, 5.41) is 13.5. The van der Waals surface area contributed by atoms with Gasteiger partial charge in [-0.25, -0.2) is 0 Å². The van der Waals surface area contributed by atoms with Crippen LogP contribution in [0.25, 0.3) is 0 Å². The highest BCUT2D eigenvalue weighted by Crippen LogP contribution is 2.23. The number of hydrogen-bond donors (Lipinski definition) is 2. The Morgan fingerprint density at radius 3 is 2.60 bits per heavy atom. The first-order valence-electron chi connectivity index (χ1n) is 5.44. The molecule has 1 aromatic carbocycles. The minimum absolute atomic E-state index is 0.222. The molecule has 0 saturated carbocycles. The van der Waals surface area contributed by atoms with Crippen LogP contribution in [0, 0.1) is 0 Å². The van der Waals surface area contributed by atoms with E-state index in [1.54, 1.807) is 0 Å². The van der Waals surface area contributed by atoms with Crippen LogP contribution in [0.3, 0.4) is 0 Å². The SMILES string of the molecule is OC(c1ccc(Br)cc1)C1CCCCN1. The average molecular weight is 270 g/mol. The second kappa shape index (κ2) is 5.10. The Morgan fingerprint density at radius 1 is 1.27 bits per heavy atom. The van der Waals surface area contributed by atoms with Gasteiger partial charge in [0, 0.05) is 10.5 Å². The van der Waals surface area contributed by atoms with E-state index in [4.69, 9.17) is 0 Å². The molecular weight excluding hydrogens is 254 g/mol. The zero-order valence-electron chi connectivity index (χ0n) is 8.62. The predicted octanol–water partition coefficient (Wildman–Crippen LogP) is 2.62. The van der Waals surface area contributed by atoms with Crippen molar-refractivity contribution in [1.29, 1.82) is 0 Å². The lowest BCUT2D eigenvalue weighted by molar-refractivity contribution is 0.114. The van der Waals surface area contributed by atoms with Crippen LogP contribution < -0.4 is 5.32 Å². The Morgan fingerprint density at radius 2 is 2.00 bits per heavy atom. The van der Waals surface area contributed by atoms with Crippen LogP contribution in [0.4, 0.5) is 0 Å². The number of benzene rings is 1. The zero-order valence-corrected chi connectivity index (χ0v) is 10.2. The summed E-state index contributed by atoms with van der Waals surface area (Å²) in [6.07, 6.45) is 3.13. The van der Waals surface area contributed by atoms with Crippen LogP contribution in [0.2, 0.25) is 0 Å². The summed E-state index contributed by atoms with van der Waals surface area (Å²) in [5.41, 5.74) is 0.998. The molecule has 15 heavy (non-hydrogen) atoms. The molecule has 0 radical (unpaired) electrons. The van der Waals surface area contributed by atoms with Crippen molar-refractivity contribution in [2.45, 2.75) is 31.4 Å². The number of aliphatic hydroxyl groups excluding tert-OH is 1. The highest BCUT2D eigenvalue weighted by Gasteiger charge is 2.22. The van der Waals surface area contributed by atoms with Gasteiger partial charge in [0.05, 0.1) is 6.10 Å². The van der Waals surface area contributed by atoms with Crippen LogP contribution in [0.15, 0.2) is 28.7 Å². The van der Waals surface area contributed by atoms with Crippen molar-refractivity contribution < 1.29 is 5.11 Å². The maximum atomic E-state index is 10.2. The van der Waals surface area contributed by atoms with Gasteiger partial charge < -0.3 is 10.4 Å². The first-order valence-corrected chi connectivity index (χ1v) is 6.23. The zero-order chi connectivity index (χ0) is 10.7. The molecule has 1 saturated heterocycles. The quantitative estimate of drug-likeness (QED) is 0.865. The Balaban J connectivity index is 2.05. The number of aliphatic hydroxyl groups is 1. The Kier molecular flexibility index (Phi) is 3.78. The molecule has 1 heterocycles.